The number of benzene rings is 1. The number of rotatable bonds is 5. The van der Waals surface area contributed by atoms with Crippen molar-refractivity contribution in [2.24, 2.45) is 0 Å². The minimum atomic E-state index is 0.0275. The molecule has 1 aromatic carbocycles. The summed E-state index contributed by atoms with van der Waals surface area (Å²) in [6.45, 7) is 2.83. The molecule has 0 aliphatic heterocycles. The third-order valence-electron chi connectivity index (χ3n) is 1.73. The quantitative estimate of drug-likeness (QED) is 0.598. The summed E-state index contributed by atoms with van der Waals surface area (Å²) in [5.41, 5.74) is 0.690. The third-order valence-corrected chi connectivity index (χ3v) is 2.22. The molecular weight excluding hydrogens is 244 g/mol. The second-order valence-corrected chi connectivity index (χ2v) is 3.90. The van der Waals surface area contributed by atoms with Crippen LogP contribution in [0.15, 0.2) is 28.7 Å². The minimum absolute atomic E-state index is 0.0275. The molecule has 0 aliphatic carbocycles. The van der Waals surface area contributed by atoms with Crippen LogP contribution in [0.3, 0.4) is 0 Å². The molecule has 1 rings (SSSR count). The molecule has 14 heavy (non-hydrogen) atoms. The summed E-state index contributed by atoms with van der Waals surface area (Å²) in [6.07, 6.45) is 0.936. The molecule has 0 fully saturated rings. The first-order valence-corrected chi connectivity index (χ1v) is 5.40. The van der Waals surface area contributed by atoms with Gasteiger partial charge in [-0.05, 0) is 18.6 Å². The van der Waals surface area contributed by atoms with Crippen LogP contribution in [0.4, 0.5) is 0 Å². The minimum Gasteiger partial charge on any atom is -0.373 e. The maximum Gasteiger partial charge on any atom is 0.188 e. The van der Waals surface area contributed by atoms with Crippen molar-refractivity contribution in [3.63, 3.8) is 0 Å². The molecule has 0 atom stereocenters. The zero-order valence-electron chi connectivity index (χ0n) is 8.13. The van der Waals surface area contributed by atoms with Gasteiger partial charge < -0.3 is 4.74 Å². The molecule has 2 nitrogen and oxygen atoms in total. The highest BCUT2D eigenvalue weighted by molar-refractivity contribution is 9.10. The lowest BCUT2D eigenvalue weighted by atomic mass is 10.1. The monoisotopic (exact) mass is 256 g/mol. The van der Waals surface area contributed by atoms with E-state index in [1.165, 1.54) is 0 Å². The Labute approximate surface area is 92.4 Å². The van der Waals surface area contributed by atoms with Crippen LogP contribution < -0.4 is 0 Å². The number of hydrogen-bond acceptors (Lipinski definition) is 2. The fourth-order valence-electron chi connectivity index (χ4n) is 1.05. The molecule has 0 bridgehead atoms. The molecule has 0 aliphatic rings. The van der Waals surface area contributed by atoms with Gasteiger partial charge in [-0.1, -0.05) is 35.0 Å². The fraction of sp³-hybridized carbons (Fsp3) is 0.364. The van der Waals surface area contributed by atoms with E-state index >= 15 is 0 Å². The van der Waals surface area contributed by atoms with Gasteiger partial charge in [-0.25, -0.2) is 0 Å². The Kier molecular flexibility index (Phi) is 4.84. The Morgan fingerprint density at radius 2 is 2.29 bits per heavy atom. The van der Waals surface area contributed by atoms with Crippen molar-refractivity contribution in [1.29, 1.82) is 0 Å². The Morgan fingerprint density at radius 1 is 1.50 bits per heavy atom. The van der Waals surface area contributed by atoms with Crippen molar-refractivity contribution < 1.29 is 9.53 Å². The number of carbonyl (C=O) groups excluding carboxylic acids is 1. The van der Waals surface area contributed by atoms with Gasteiger partial charge in [0.05, 0.1) is 0 Å². The summed E-state index contributed by atoms with van der Waals surface area (Å²) < 4.78 is 6.09. The van der Waals surface area contributed by atoms with Crippen LogP contribution in [-0.4, -0.2) is 19.0 Å². The molecule has 1 aromatic rings. The van der Waals surface area contributed by atoms with Crippen LogP contribution >= 0.6 is 15.9 Å². The molecule has 0 unspecified atom stereocenters. The smallest absolute Gasteiger partial charge is 0.188 e. The predicted octanol–water partition coefficient (Wildman–Crippen LogP) is 3.06. The Morgan fingerprint density at radius 3 is 2.93 bits per heavy atom. The summed E-state index contributed by atoms with van der Waals surface area (Å²) in [4.78, 5) is 11.5. The highest BCUT2D eigenvalue weighted by atomic mass is 79.9. The molecule has 0 spiro atoms. The molecule has 0 radical (unpaired) electrons. The number of Topliss-reactive ketones (excluding diaryl/α,β-unsaturated/α-hetero) is 1. The molecule has 76 valence electrons. The number of ether oxygens (including phenoxy) is 1. The molecule has 3 heteroatoms. The lowest BCUT2D eigenvalue weighted by Gasteiger charge is -2.02. The topological polar surface area (TPSA) is 26.3 Å². The zero-order chi connectivity index (χ0) is 10.4. The number of halogens is 1. The molecule has 0 heterocycles. The van der Waals surface area contributed by atoms with E-state index in [-0.39, 0.29) is 12.4 Å². The van der Waals surface area contributed by atoms with E-state index in [2.05, 4.69) is 15.9 Å². The molecular formula is C11H13BrO2. The first-order valence-electron chi connectivity index (χ1n) is 4.60. The van der Waals surface area contributed by atoms with Crippen molar-refractivity contribution in [3.05, 3.63) is 34.3 Å². The summed E-state index contributed by atoms with van der Waals surface area (Å²) in [5, 5.41) is 0. The third kappa shape index (κ3) is 3.60. The van der Waals surface area contributed by atoms with Gasteiger partial charge >= 0.3 is 0 Å². The lowest BCUT2D eigenvalue weighted by Crippen LogP contribution is -2.09. The summed E-state index contributed by atoms with van der Waals surface area (Å²) in [7, 11) is 0. The predicted molar refractivity (Wildman–Crippen MR) is 59.6 cm³/mol. The van der Waals surface area contributed by atoms with E-state index < -0.39 is 0 Å². The van der Waals surface area contributed by atoms with Crippen LogP contribution in [0, 0.1) is 0 Å². The van der Waals surface area contributed by atoms with Gasteiger partial charge in [-0.15, -0.1) is 0 Å². The lowest BCUT2D eigenvalue weighted by molar-refractivity contribution is 0.0761. The second-order valence-electron chi connectivity index (χ2n) is 2.99. The Balaban J connectivity index is 2.52. The molecule has 0 saturated carbocycles. The van der Waals surface area contributed by atoms with E-state index in [4.69, 9.17) is 4.74 Å². The zero-order valence-corrected chi connectivity index (χ0v) is 9.71. The number of ketones is 1. The van der Waals surface area contributed by atoms with Gasteiger partial charge in [0, 0.05) is 16.6 Å². The largest absolute Gasteiger partial charge is 0.373 e. The average Bonchev–Trinajstić information content (AvgIpc) is 2.18. The van der Waals surface area contributed by atoms with Crippen LogP contribution in [0.25, 0.3) is 0 Å². The molecule has 0 amide bonds. The first kappa shape index (κ1) is 11.4. The molecule has 0 aromatic heterocycles. The van der Waals surface area contributed by atoms with Gasteiger partial charge in [0.15, 0.2) is 5.78 Å². The van der Waals surface area contributed by atoms with E-state index in [9.17, 15) is 4.79 Å². The van der Waals surface area contributed by atoms with Crippen LogP contribution in [0.5, 0.6) is 0 Å². The summed E-state index contributed by atoms with van der Waals surface area (Å²) in [5.74, 6) is 0.0275. The fourth-order valence-corrected chi connectivity index (χ4v) is 1.45. The van der Waals surface area contributed by atoms with E-state index in [1.807, 2.05) is 19.1 Å². The molecule has 0 N–H and O–H groups in total. The maximum absolute atomic E-state index is 11.5. The first-order chi connectivity index (χ1) is 6.74. The van der Waals surface area contributed by atoms with Crippen molar-refractivity contribution in [3.8, 4) is 0 Å². The standard InChI is InChI=1S/C11H13BrO2/c1-2-6-14-8-11(13)9-4-3-5-10(12)7-9/h3-5,7H,2,6,8H2,1H3. The van der Waals surface area contributed by atoms with Crippen molar-refractivity contribution >= 4 is 21.7 Å². The Bertz CT molecular complexity index is 310. The van der Waals surface area contributed by atoms with Crippen molar-refractivity contribution in [1.82, 2.24) is 0 Å². The SMILES string of the molecule is CCCOCC(=O)c1cccc(Br)c1. The van der Waals surface area contributed by atoms with Crippen molar-refractivity contribution in [2.75, 3.05) is 13.2 Å². The van der Waals surface area contributed by atoms with E-state index in [1.54, 1.807) is 12.1 Å². The van der Waals surface area contributed by atoms with Gasteiger partial charge in [-0.2, -0.15) is 0 Å². The van der Waals surface area contributed by atoms with Crippen LogP contribution in [0.1, 0.15) is 23.7 Å². The van der Waals surface area contributed by atoms with E-state index in [0.29, 0.717) is 12.2 Å². The normalized spacial score (nSPS) is 10.1. The highest BCUT2D eigenvalue weighted by Crippen LogP contribution is 2.12. The highest BCUT2D eigenvalue weighted by Gasteiger charge is 2.05. The van der Waals surface area contributed by atoms with Crippen LogP contribution in [-0.2, 0) is 4.74 Å². The number of carbonyl (C=O) groups is 1. The Hall–Kier alpha value is -0.670. The van der Waals surface area contributed by atoms with Crippen LogP contribution in [0.2, 0.25) is 0 Å². The van der Waals surface area contributed by atoms with Gasteiger partial charge in [0.25, 0.3) is 0 Å². The average molecular weight is 257 g/mol. The van der Waals surface area contributed by atoms with Gasteiger partial charge in [0.1, 0.15) is 6.61 Å². The second kappa shape index (κ2) is 5.94. The van der Waals surface area contributed by atoms with Gasteiger partial charge in [0.2, 0.25) is 0 Å². The maximum atomic E-state index is 11.5. The molecule has 0 saturated heterocycles. The van der Waals surface area contributed by atoms with Gasteiger partial charge in [-0.3, -0.25) is 4.79 Å². The summed E-state index contributed by atoms with van der Waals surface area (Å²) in [6, 6.07) is 7.33. The summed E-state index contributed by atoms with van der Waals surface area (Å²) >= 11 is 3.32. The number of hydrogen-bond donors (Lipinski definition) is 0. The van der Waals surface area contributed by atoms with E-state index in [0.717, 1.165) is 10.9 Å². The van der Waals surface area contributed by atoms with Crippen molar-refractivity contribution in [2.45, 2.75) is 13.3 Å².